The van der Waals surface area contributed by atoms with E-state index in [2.05, 4.69) is 41.4 Å². The van der Waals surface area contributed by atoms with Gasteiger partial charge in [-0.15, -0.1) is 0 Å². The van der Waals surface area contributed by atoms with Gasteiger partial charge in [-0.25, -0.2) is 4.39 Å². The number of benzene rings is 3. The molecule has 2 heteroatoms. The van der Waals surface area contributed by atoms with Crippen molar-refractivity contribution in [3.05, 3.63) is 102 Å². The monoisotopic (exact) mass is 325 g/mol. The van der Waals surface area contributed by atoms with Crippen molar-refractivity contribution in [2.75, 3.05) is 0 Å². The van der Waals surface area contributed by atoms with Crippen LogP contribution in [0.25, 0.3) is 34.2 Å². The van der Waals surface area contributed by atoms with E-state index >= 15 is 0 Å². The SMILES string of the molecule is Fc1cccc(-c2cnc3cccc(C=Cc4ccccc4)c3c2)c1. The van der Waals surface area contributed by atoms with Crippen LogP contribution < -0.4 is 0 Å². The molecule has 0 saturated heterocycles. The van der Waals surface area contributed by atoms with E-state index in [-0.39, 0.29) is 5.82 Å². The molecule has 0 atom stereocenters. The number of fused-ring (bicyclic) bond motifs is 1. The first-order valence-electron chi connectivity index (χ1n) is 8.17. The van der Waals surface area contributed by atoms with Crippen LogP contribution in [0, 0.1) is 5.82 Å². The van der Waals surface area contributed by atoms with Crippen molar-refractivity contribution in [2.45, 2.75) is 0 Å². The van der Waals surface area contributed by atoms with Crippen molar-refractivity contribution in [3.63, 3.8) is 0 Å². The molecule has 1 heterocycles. The zero-order valence-electron chi connectivity index (χ0n) is 13.6. The fraction of sp³-hybridized carbons (Fsp3) is 0. The summed E-state index contributed by atoms with van der Waals surface area (Å²) in [7, 11) is 0. The average molecular weight is 325 g/mol. The summed E-state index contributed by atoms with van der Waals surface area (Å²) in [6, 6.07) is 24.9. The summed E-state index contributed by atoms with van der Waals surface area (Å²) < 4.78 is 13.5. The van der Waals surface area contributed by atoms with Gasteiger partial charge in [0, 0.05) is 17.1 Å². The molecule has 3 aromatic carbocycles. The summed E-state index contributed by atoms with van der Waals surface area (Å²) in [5, 5.41) is 1.05. The molecule has 0 bridgehead atoms. The van der Waals surface area contributed by atoms with E-state index in [0.29, 0.717) is 0 Å². The lowest BCUT2D eigenvalue weighted by atomic mass is 10.0. The number of rotatable bonds is 3. The second-order valence-electron chi connectivity index (χ2n) is 5.89. The lowest BCUT2D eigenvalue weighted by Crippen LogP contribution is -1.86. The molecule has 0 N–H and O–H groups in total. The number of aromatic nitrogens is 1. The molecule has 120 valence electrons. The highest BCUT2D eigenvalue weighted by atomic mass is 19.1. The summed E-state index contributed by atoms with van der Waals surface area (Å²) >= 11 is 0. The number of hydrogen-bond acceptors (Lipinski definition) is 1. The highest BCUT2D eigenvalue weighted by Crippen LogP contribution is 2.26. The van der Waals surface area contributed by atoms with E-state index in [4.69, 9.17) is 0 Å². The van der Waals surface area contributed by atoms with E-state index in [1.807, 2.05) is 36.4 Å². The third-order valence-corrected chi connectivity index (χ3v) is 4.17. The van der Waals surface area contributed by atoms with Gasteiger partial charge in [-0.3, -0.25) is 4.98 Å². The first-order chi connectivity index (χ1) is 12.3. The van der Waals surface area contributed by atoms with Crippen molar-refractivity contribution >= 4 is 23.1 Å². The van der Waals surface area contributed by atoms with Crippen LogP contribution in [0.3, 0.4) is 0 Å². The number of hydrogen-bond donors (Lipinski definition) is 0. The van der Waals surface area contributed by atoms with E-state index in [9.17, 15) is 4.39 Å². The van der Waals surface area contributed by atoms with Crippen molar-refractivity contribution in [2.24, 2.45) is 0 Å². The number of pyridine rings is 1. The fourth-order valence-electron chi connectivity index (χ4n) is 2.89. The smallest absolute Gasteiger partial charge is 0.123 e. The predicted octanol–water partition coefficient (Wildman–Crippen LogP) is 6.21. The fourth-order valence-corrected chi connectivity index (χ4v) is 2.89. The summed E-state index contributed by atoms with van der Waals surface area (Å²) in [5.74, 6) is -0.241. The quantitative estimate of drug-likeness (QED) is 0.408. The molecule has 25 heavy (non-hydrogen) atoms. The van der Waals surface area contributed by atoms with Crippen molar-refractivity contribution < 1.29 is 4.39 Å². The van der Waals surface area contributed by atoms with Gasteiger partial charge in [-0.05, 0) is 41.0 Å². The Balaban J connectivity index is 1.80. The molecule has 0 radical (unpaired) electrons. The zero-order chi connectivity index (χ0) is 17.1. The summed E-state index contributed by atoms with van der Waals surface area (Å²) in [6.07, 6.45) is 5.97. The Hall–Kier alpha value is -3.26. The zero-order valence-corrected chi connectivity index (χ0v) is 13.6. The average Bonchev–Trinajstić information content (AvgIpc) is 2.67. The topological polar surface area (TPSA) is 12.9 Å². The number of nitrogens with zero attached hydrogens (tertiary/aromatic N) is 1. The highest BCUT2D eigenvalue weighted by Gasteiger charge is 2.04. The Morgan fingerprint density at radius 2 is 1.56 bits per heavy atom. The minimum Gasteiger partial charge on any atom is -0.256 e. The van der Waals surface area contributed by atoms with Crippen molar-refractivity contribution in [3.8, 4) is 11.1 Å². The maximum atomic E-state index is 13.5. The Morgan fingerprint density at radius 1 is 0.720 bits per heavy atom. The molecule has 4 aromatic rings. The van der Waals surface area contributed by atoms with Crippen LogP contribution in [0.5, 0.6) is 0 Å². The highest BCUT2D eigenvalue weighted by molar-refractivity contribution is 5.93. The maximum absolute atomic E-state index is 13.5. The van der Waals surface area contributed by atoms with Gasteiger partial charge in [0.2, 0.25) is 0 Å². The second-order valence-corrected chi connectivity index (χ2v) is 5.89. The standard InChI is InChI=1S/C23H16FN/c24-21-10-4-9-19(14-21)20-15-22-18(8-5-11-23(22)25-16-20)13-12-17-6-2-1-3-7-17/h1-16H. The summed E-state index contributed by atoms with van der Waals surface area (Å²) in [4.78, 5) is 4.55. The first-order valence-corrected chi connectivity index (χ1v) is 8.17. The van der Waals surface area contributed by atoms with Crippen LogP contribution >= 0.6 is 0 Å². The van der Waals surface area contributed by atoms with Gasteiger partial charge in [-0.1, -0.05) is 66.7 Å². The minimum absolute atomic E-state index is 0.241. The summed E-state index contributed by atoms with van der Waals surface area (Å²) in [5.41, 5.74) is 4.90. The molecule has 0 aliphatic carbocycles. The van der Waals surface area contributed by atoms with Gasteiger partial charge >= 0.3 is 0 Å². The van der Waals surface area contributed by atoms with Crippen LogP contribution in [0.15, 0.2) is 85.1 Å². The molecule has 0 spiro atoms. The van der Waals surface area contributed by atoms with Gasteiger partial charge in [0.25, 0.3) is 0 Å². The molecule has 1 aromatic heterocycles. The van der Waals surface area contributed by atoms with Gasteiger partial charge in [0.15, 0.2) is 0 Å². The van der Waals surface area contributed by atoms with Crippen molar-refractivity contribution in [1.29, 1.82) is 0 Å². The number of halogens is 1. The molecular formula is C23H16FN. The van der Waals surface area contributed by atoms with E-state index in [1.54, 1.807) is 12.3 Å². The Bertz CT molecular complexity index is 1050. The Morgan fingerprint density at radius 3 is 2.40 bits per heavy atom. The van der Waals surface area contributed by atoms with Crippen LogP contribution in [0.4, 0.5) is 4.39 Å². The molecular weight excluding hydrogens is 309 g/mol. The van der Waals surface area contributed by atoms with E-state index in [1.165, 1.54) is 12.1 Å². The summed E-state index contributed by atoms with van der Waals surface area (Å²) in [6.45, 7) is 0. The molecule has 0 amide bonds. The first kappa shape index (κ1) is 15.3. The molecule has 4 rings (SSSR count). The molecule has 0 aliphatic rings. The van der Waals surface area contributed by atoms with Crippen LogP contribution in [0.2, 0.25) is 0 Å². The largest absolute Gasteiger partial charge is 0.256 e. The van der Waals surface area contributed by atoms with Crippen LogP contribution in [-0.4, -0.2) is 4.98 Å². The minimum atomic E-state index is -0.241. The second kappa shape index (κ2) is 6.70. The van der Waals surface area contributed by atoms with Crippen molar-refractivity contribution in [1.82, 2.24) is 4.98 Å². The third kappa shape index (κ3) is 3.33. The van der Waals surface area contributed by atoms with E-state index in [0.717, 1.165) is 33.2 Å². The molecule has 0 unspecified atom stereocenters. The maximum Gasteiger partial charge on any atom is 0.123 e. The van der Waals surface area contributed by atoms with Gasteiger partial charge < -0.3 is 0 Å². The molecule has 0 saturated carbocycles. The predicted molar refractivity (Wildman–Crippen MR) is 103 cm³/mol. The molecule has 1 nitrogen and oxygen atoms in total. The lowest BCUT2D eigenvalue weighted by molar-refractivity contribution is 0.628. The molecule has 0 aliphatic heterocycles. The van der Waals surface area contributed by atoms with Gasteiger partial charge in [0.05, 0.1) is 5.52 Å². The Labute approximate surface area is 146 Å². The lowest BCUT2D eigenvalue weighted by Gasteiger charge is -2.06. The van der Waals surface area contributed by atoms with Gasteiger partial charge in [0.1, 0.15) is 5.82 Å². The Kier molecular flexibility index (Phi) is 4.09. The molecule has 0 fully saturated rings. The third-order valence-electron chi connectivity index (χ3n) is 4.17. The van der Waals surface area contributed by atoms with Gasteiger partial charge in [-0.2, -0.15) is 0 Å². The normalized spacial score (nSPS) is 11.2. The van der Waals surface area contributed by atoms with E-state index < -0.39 is 0 Å². The van der Waals surface area contributed by atoms with Crippen LogP contribution in [-0.2, 0) is 0 Å². The van der Waals surface area contributed by atoms with Crippen LogP contribution in [0.1, 0.15) is 11.1 Å².